The molecule has 3 atom stereocenters. The van der Waals surface area contributed by atoms with Crippen LogP contribution in [0, 0.1) is 11.7 Å². The lowest BCUT2D eigenvalue weighted by Crippen LogP contribution is -2.34. The predicted molar refractivity (Wildman–Crippen MR) is 116 cm³/mol. The van der Waals surface area contributed by atoms with E-state index in [1.807, 2.05) is 24.5 Å². The first-order chi connectivity index (χ1) is 14.9. The molecule has 4 rings (SSSR count). The molecule has 1 amide bonds. The maximum Gasteiger partial charge on any atom is 0.268 e. The van der Waals surface area contributed by atoms with Crippen LogP contribution in [-0.4, -0.2) is 39.7 Å². The smallest absolute Gasteiger partial charge is 0.268 e. The number of rotatable bonds is 6. The Morgan fingerprint density at radius 1 is 1.26 bits per heavy atom. The van der Waals surface area contributed by atoms with Gasteiger partial charge < -0.3 is 19.7 Å². The van der Waals surface area contributed by atoms with Crippen LogP contribution >= 0.6 is 0 Å². The molecule has 0 radical (unpaired) electrons. The van der Waals surface area contributed by atoms with Crippen LogP contribution in [0.15, 0.2) is 30.3 Å². The third-order valence-electron chi connectivity index (χ3n) is 6.55. The molecule has 0 bridgehead atoms. The van der Waals surface area contributed by atoms with Gasteiger partial charge >= 0.3 is 0 Å². The van der Waals surface area contributed by atoms with Crippen LogP contribution in [0.4, 0.5) is 4.39 Å². The third kappa shape index (κ3) is 4.40. The normalized spacial score (nSPS) is 21.2. The van der Waals surface area contributed by atoms with Gasteiger partial charge in [-0.05, 0) is 49.4 Å². The van der Waals surface area contributed by atoms with Gasteiger partial charge in [-0.2, -0.15) is 0 Å². The van der Waals surface area contributed by atoms with Crippen LogP contribution in [0.25, 0.3) is 0 Å². The summed E-state index contributed by atoms with van der Waals surface area (Å²) < 4.78 is 21.0. The number of nitrogens with one attached hydrogen (secondary N) is 1. The van der Waals surface area contributed by atoms with Crippen molar-refractivity contribution in [1.82, 2.24) is 14.8 Å². The van der Waals surface area contributed by atoms with Crippen LogP contribution < -0.4 is 5.32 Å². The van der Waals surface area contributed by atoms with Crippen LogP contribution in [-0.2, 0) is 17.9 Å². The number of aliphatic hydroxyl groups is 1. The van der Waals surface area contributed by atoms with Crippen molar-refractivity contribution in [2.45, 2.75) is 65.1 Å². The van der Waals surface area contributed by atoms with Crippen molar-refractivity contribution in [3.8, 4) is 0 Å². The first-order valence-corrected chi connectivity index (χ1v) is 11.2. The first kappa shape index (κ1) is 22.0. The fourth-order valence-electron chi connectivity index (χ4n) is 4.78. The minimum Gasteiger partial charge on any atom is -0.374 e. The summed E-state index contributed by atoms with van der Waals surface area (Å²) in [4.78, 5) is 15.4. The van der Waals surface area contributed by atoms with Crippen molar-refractivity contribution in [3.63, 3.8) is 0 Å². The van der Waals surface area contributed by atoms with Gasteiger partial charge in [0.15, 0.2) is 0 Å². The molecule has 2 aromatic rings. The number of aromatic nitrogens is 1. The molecule has 2 aliphatic rings. The number of carbonyl (C=O) groups is 1. The van der Waals surface area contributed by atoms with Crippen molar-refractivity contribution in [1.29, 1.82) is 0 Å². The number of hydrogen-bond acceptors (Lipinski definition) is 4. The van der Waals surface area contributed by atoms with Crippen LogP contribution in [0.2, 0.25) is 0 Å². The maximum absolute atomic E-state index is 13.4. The highest BCUT2D eigenvalue weighted by molar-refractivity contribution is 5.93. The Labute approximate surface area is 183 Å². The molecule has 1 saturated heterocycles. The third-order valence-corrected chi connectivity index (χ3v) is 6.55. The Morgan fingerprint density at radius 2 is 2.00 bits per heavy atom. The number of aliphatic hydroxyl groups excluding tert-OH is 1. The molecule has 1 fully saturated rings. The lowest BCUT2D eigenvalue weighted by Gasteiger charge is -2.28. The average Bonchev–Trinajstić information content (AvgIpc) is 3.36. The van der Waals surface area contributed by atoms with Gasteiger partial charge in [0.05, 0.1) is 24.9 Å². The molecule has 1 unspecified atom stereocenters. The molecule has 0 saturated carbocycles. The van der Waals surface area contributed by atoms with Gasteiger partial charge in [-0.25, -0.2) is 4.39 Å². The number of fused-ring (bicyclic) bond motifs is 1. The summed E-state index contributed by atoms with van der Waals surface area (Å²) in [5.74, 6) is -0.365. The molecule has 1 aromatic heterocycles. The minimum atomic E-state index is -0.750. The Morgan fingerprint density at radius 3 is 2.65 bits per heavy atom. The number of carbonyl (C=O) groups excluding carboxylic acids is 1. The Hall–Kier alpha value is -2.22. The van der Waals surface area contributed by atoms with E-state index >= 15 is 0 Å². The Kier molecular flexibility index (Phi) is 6.46. The topological polar surface area (TPSA) is 66.7 Å². The van der Waals surface area contributed by atoms with E-state index in [0.717, 1.165) is 36.2 Å². The monoisotopic (exact) mass is 429 g/mol. The number of nitrogens with zero attached hydrogens (tertiary/aromatic N) is 2. The molecule has 6 nitrogen and oxygen atoms in total. The molecular formula is C24H32FN3O3. The van der Waals surface area contributed by atoms with Gasteiger partial charge in [0, 0.05) is 24.7 Å². The van der Waals surface area contributed by atoms with Crippen LogP contribution in [0.3, 0.4) is 0 Å². The minimum absolute atomic E-state index is 0.129. The van der Waals surface area contributed by atoms with E-state index in [9.17, 15) is 14.3 Å². The standard InChI is InChI=1S/C24H32FN3O3/c1-15(2)22(17-6-8-18(25)9-7-17)26-23(29)20-13-19(21-14-31-12-11-28(20)21)24(30)27-10-4-5-16(27)3/h6-9,13,15-16,22,24,30H,4-5,10-12,14H2,1-3H3,(H,26,29)/t16-,22+,24?/m0/s1. The van der Waals surface area contributed by atoms with Crippen molar-refractivity contribution >= 4 is 5.91 Å². The van der Waals surface area contributed by atoms with Gasteiger partial charge in [-0.1, -0.05) is 26.0 Å². The zero-order chi connectivity index (χ0) is 22.1. The van der Waals surface area contributed by atoms with E-state index in [2.05, 4.69) is 17.1 Å². The van der Waals surface area contributed by atoms with E-state index in [4.69, 9.17) is 4.74 Å². The fraction of sp³-hybridized carbons (Fsp3) is 0.542. The second kappa shape index (κ2) is 9.10. The highest BCUT2D eigenvalue weighted by Gasteiger charge is 2.33. The van der Waals surface area contributed by atoms with Crippen molar-refractivity contribution in [2.24, 2.45) is 5.92 Å². The number of ether oxygens (including phenoxy) is 1. The zero-order valence-corrected chi connectivity index (χ0v) is 18.5. The second-order valence-corrected chi connectivity index (χ2v) is 8.99. The van der Waals surface area contributed by atoms with E-state index in [-0.39, 0.29) is 23.7 Å². The zero-order valence-electron chi connectivity index (χ0n) is 18.5. The van der Waals surface area contributed by atoms with E-state index in [1.54, 1.807) is 12.1 Å². The van der Waals surface area contributed by atoms with Crippen LogP contribution in [0.1, 0.15) is 73.2 Å². The van der Waals surface area contributed by atoms with Crippen LogP contribution in [0.5, 0.6) is 0 Å². The van der Waals surface area contributed by atoms with E-state index in [1.165, 1.54) is 12.1 Å². The van der Waals surface area contributed by atoms with Gasteiger partial charge in [0.25, 0.3) is 5.91 Å². The van der Waals surface area contributed by atoms with E-state index in [0.29, 0.717) is 31.5 Å². The summed E-state index contributed by atoms with van der Waals surface area (Å²) in [7, 11) is 0. The van der Waals surface area contributed by atoms with Crippen molar-refractivity contribution < 1.29 is 19.0 Å². The number of likely N-dealkylation sites (tertiary alicyclic amines) is 1. The van der Waals surface area contributed by atoms with Gasteiger partial charge in [-0.3, -0.25) is 9.69 Å². The number of hydrogen-bond donors (Lipinski definition) is 2. The van der Waals surface area contributed by atoms with E-state index < -0.39 is 6.23 Å². The quantitative estimate of drug-likeness (QED) is 0.734. The molecule has 3 heterocycles. The molecule has 168 valence electrons. The Bertz CT molecular complexity index is 925. The molecule has 7 heteroatoms. The highest BCUT2D eigenvalue weighted by atomic mass is 19.1. The molecule has 31 heavy (non-hydrogen) atoms. The predicted octanol–water partition coefficient (Wildman–Crippen LogP) is 3.76. The van der Waals surface area contributed by atoms with Gasteiger partial charge in [-0.15, -0.1) is 0 Å². The maximum atomic E-state index is 13.4. The molecule has 0 spiro atoms. The molecular weight excluding hydrogens is 397 g/mol. The summed E-state index contributed by atoms with van der Waals surface area (Å²) in [6.07, 6.45) is 1.37. The summed E-state index contributed by atoms with van der Waals surface area (Å²) in [6.45, 7) is 8.51. The molecule has 2 N–H and O–H groups in total. The van der Waals surface area contributed by atoms with Crippen molar-refractivity contribution in [3.05, 3.63) is 58.7 Å². The van der Waals surface area contributed by atoms with Gasteiger partial charge in [0.1, 0.15) is 17.7 Å². The van der Waals surface area contributed by atoms with Crippen molar-refractivity contribution in [2.75, 3.05) is 13.2 Å². The Balaban J connectivity index is 1.63. The average molecular weight is 430 g/mol. The first-order valence-electron chi connectivity index (χ1n) is 11.2. The lowest BCUT2D eigenvalue weighted by atomic mass is 9.96. The summed E-state index contributed by atoms with van der Waals surface area (Å²) in [5.41, 5.74) is 3.02. The number of benzene rings is 1. The number of halogens is 1. The summed E-state index contributed by atoms with van der Waals surface area (Å²) in [6, 6.07) is 8.13. The fourth-order valence-corrected chi connectivity index (χ4v) is 4.78. The number of amides is 1. The SMILES string of the molecule is CC(C)[C@@H](NC(=O)c1cc(C(O)N2CCC[C@@H]2C)c2n1CCOC2)c1ccc(F)cc1. The second-order valence-electron chi connectivity index (χ2n) is 8.99. The summed E-state index contributed by atoms with van der Waals surface area (Å²) >= 11 is 0. The highest BCUT2D eigenvalue weighted by Crippen LogP contribution is 2.33. The van der Waals surface area contributed by atoms with Gasteiger partial charge in [0.2, 0.25) is 0 Å². The summed E-state index contributed by atoms with van der Waals surface area (Å²) in [5, 5.41) is 14.2. The lowest BCUT2D eigenvalue weighted by molar-refractivity contribution is -0.00650. The molecule has 1 aromatic carbocycles. The molecule has 2 aliphatic heterocycles. The largest absolute Gasteiger partial charge is 0.374 e. The molecule has 0 aliphatic carbocycles.